The number of hydrogen-bond donors (Lipinski definition) is 1. The number of amides is 1. The largest absolute Gasteiger partial charge is 0.508 e. The number of pyridine rings is 1. The van der Waals surface area contributed by atoms with Crippen molar-refractivity contribution in [1.29, 1.82) is 0 Å². The minimum atomic E-state index is -0.710. The maximum Gasteiger partial charge on any atom is 0.295 e. The lowest BCUT2D eigenvalue weighted by Crippen LogP contribution is -2.41. The molecule has 154 valence electrons. The van der Waals surface area contributed by atoms with Crippen LogP contribution in [-0.4, -0.2) is 33.3 Å². The molecule has 2 aliphatic heterocycles. The van der Waals surface area contributed by atoms with Gasteiger partial charge in [0, 0.05) is 11.1 Å². The van der Waals surface area contributed by atoms with E-state index in [2.05, 4.69) is 4.98 Å². The SMILES string of the molecule is Cc1cccc(N2C(=O)C3=C(C(=O)C4CC(Cl)CCC4O3)C2c2cccc(O)c2)n1. The molecule has 4 unspecified atom stereocenters. The molecule has 1 aromatic heterocycles. The zero-order valence-electron chi connectivity index (χ0n) is 16.4. The third kappa shape index (κ3) is 2.98. The van der Waals surface area contributed by atoms with E-state index in [1.807, 2.05) is 19.1 Å². The predicted octanol–water partition coefficient (Wildman–Crippen LogP) is 3.81. The first kappa shape index (κ1) is 19.1. The van der Waals surface area contributed by atoms with Crippen molar-refractivity contribution < 1.29 is 19.4 Å². The van der Waals surface area contributed by atoms with Crippen LogP contribution in [0.4, 0.5) is 5.82 Å². The first-order chi connectivity index (χ1) is 14.4. The van der Waals surface area contributed by atoms with Gasteiger partial charge in [0.15, 0.2) is 11.5 Å². The molecule has 0 radical (unpaired) electrons. The number of phenolic OH excluding ortho intramolecular Hbond substituents is 1. The third-order valence-corrected chi connectivity index (χ3v) is 6.49. The predicted molar refractivity (Wildman–Crippen MR) is 111 cm³/mol. The molecule has 1 fully saturated rings. The van der Waals surface area contributed by atoms with Gasteiger partial charge in [-0.3, -0.25) is 14.5 Å². The molecule has 7 heteroatoms. The Kier molecular flexibility index (Phi) is 4.54. The highest BCUT2D eigenvalue weighted by Gasteiger charge is 2.53. The number of alkyl halides is 1. The van der Waals surface area contributed by atoms with Crippen LogP contribution in [0.25, 0.3) is 0 Å². The number of nitrogens with zero attached hydrogens (tertiary/aromatic N) is 2. The Balaban J connectivity index is 1.66. The highest BCUT2D eigenvalue weighted by atomic mass is 35.5. The first-order valence-electron chi connectivity index (χ1n) is 10.1. The summed E-state index contributed by atoms with van der Waals surface area (Å²) in [6, 6.07) is 11.3. The lowest BCUT2D eigenvalue weighted by molar-refractivity contribution is -0.131. The number of aromatic hydroxyl groups is 1. The Labute approximate surface area is 179 Å². The van der Waals surface area contributed by atoms with E-state index >= 15 is 0 Å². The molecule has 0 bridgehead atoms. The number of carbonyl (C=O) groups excluding carboxylic acids is 2. The van der Waals surface area contributed by atoms with Gasteiger partial charge in [0.2, 0.25) is 0 Å². The zero-order chi connectivity index (χ0) is 21.0. The quantitative estimate of drug-likeness (QED) is 0.741. The Morgan fingerprint density at radius 3 is 2.73 bits per heavy atom. The summed E-state index contributed by atoms with van der Waals surface area (Å²) in [4.78, 5) is 33.1. The van der Waals surface area contributed by atoms with Gasteiger partial charge in [-0.15, -0.1) is 11.6 Å². The molecule has 1 N–H and O–H groups in total. The van der Waals surface area contributed by atoms with Gasteiger partial charge in [-0.25, -0.2) is 4.98 Å². The molecule has 0 spiro atoms. The average Bonchev–Trinajstić information content (AvgIpc) is 3.01. The minimum absolute atomic E-state index is 0.0618. The molecule has 1 amide bonds. The van der Waals surface area contributed by atoms with Crippen molar-refractivity contribution in [1.82, 2.24) is 4.98 Å². The maximum absolute atomic E-state index is 13.6. The lowest BCUT2D eigenvalue weighted by atomic mass is 9.77. The van der Waals surface area contributed by atoms with Crippen LogP contribution in [0.2, 0.25) is 0 Å². The fraction of sp³-hybridized carbons (Fsp3) is 0.348. The highest BCUT2D eigenvalue weighted by Crippen LogP contribution is 2.48. The van der Waals surface area contributed by atoms with Crippen molar-refractivity contribution in [3.63, 3.8) is 0 Å². The number of carbonyl (C=O) groups is 2. The topological polar surface area (TPSA) is 79.7 Å². The van der Waals surface area contributed by atoms with Crippen LogP contribution in [0.3, 0.4) is 0 Å². The van der Waals surface area contributed by atoms with Gasteiger partial charge in [-0.05, 0) is 56.0 Å². The van der Waals surface area contributed by atoms with Crippen molar-refractivity contribution in [2.24, 2.45) is 5.92 Å². The van der Waals surface area contributed by atoms with Gasteiger partial charge in [0.1, 0.15) is 17.7 Å². The summed E-state index contributed by atoms with van der Waals surface area (Å²) < 4.78 is 6.13. The van der Waals surface area contributed by atoms with Gasteiger partial charge < -0.3 is 9.84 Å². The van der Waals surface area contributed by atoms with Gasteiger partial charge in [0.25, 0.3) is 5.91 Å². The van der Waals surface area contributed by atoms with Crippen LogP contribution < -0.4 is 4.90 Å². The second-order valence-electron chi connectivity index (χ2n) is 8.09. The molecule has 3 heterocycles. The number of benzene rings is 1. The fourth-order valence-corrected chi connectivity index (χ4v) is 5.04. The molecular formula is C23H21ClN2O4. The van der Waals surface area contributed by atoms with Gasteiger partial charge in [-0.1, -0.05) is 18.2 Å². The number of Topliss-reactive ketones (excluding diaryl/α,β-unsaturated/α-hetero) is 1. The Hall–Kier alpha value is -2.86. The second-order valence-corrected chi connectivity index (χ2v) is 8.71. The van der Waals surface area contributed by atoms with Crippen molar-refractivity contribution >= 4 is 29.1 Å². The number of phenols is 1. The second kappa shape index (κ2) is 7.13. The molecule has 1 aromatic carbocycles. The summed E-state index contributed by atoms with van der Waals surface area (Å²) in [7, 11) is 0. The van der Waals surface area contributed by atoms with E-state index in [0.717, 1.165) is 12.1 Å². The number of ether oxygens (including phenoxy) is 1. The van der Waals surface area contributed by atoms with E-state index in [1.165, 1.54) is 4.90 Å². The Bertz CT molecular complexity index is 1080. The summed E-state index contributed by atoms with van der Waals surface area (Å²) >= 11 is 6.35. The standard InChI is InChI=1S/C23H21ClN2O4/c1-12-4-2-7-18(25-12)26-20(13-5-3-6-15(27)10-13)19-21(28)16-11-14(24)8-9-17(16)30-22(19)23(26)29/h2-7,10,14,16-17,20,27H,8-9,11H2,1H3. The summed E-state index contributed by atoms with van der Waals surface area (Å²) in [5.41, 5.74) is 1.72. The number of aryl methyl sites for hydroxylation is 1. The number of rotatable bonds is 2. The van der Waals surface area contributed by atoms with E-state index in [-0.39, 0.29) is 40.6 Å². The number of anilines is 1. The molecule has 0 saturated heterocycles. The smallest absolute Gasteiger partial charge is 0.295 e. The number of ketones is 1. The van der Waals surface area contributed by atoms with Crippen molar-refractivity contribution in [2.45, 2.75) is 43.7 Å². The number of hydrogen-bond acceptors (Lipinski definition) is 5. The molecule has 2 aromatic rings. The molecule has 1 saturated carbocycles. The number of aromatic nitrogens is 1. The van der Waals surface area contributed by atoms with E-state index in [1.54, 1.807) is 30.3 Å². The molecular weight excluding hydrogens is 404 g/mol. The maximum atomic E-state index is 13.6. The number of halogens is 1. The molecule has 30 heavy (non-hydrogen) atoms. The molecule has 4 atom stereocenters. The van der Waals surface area contributed by atoms with Crippen LogP contribution in [-0.2, 0) is 14.3 Å². The normalized spacial score (nSPS) is 28.3. The minimum Gasteiger partial charge on any atom is -0.508 e. The van der Waals surface area contributed by atoms with Crippen LogP contribution in [0.1, 0.15) is 36.6 Å². The zero-order valence-corrected chi connectivity index (χ0v) is 17.2. The lowest BCUT2D eigenvalue weighted by Gasteiger charge is -2.37. The average molecular weight is 425 g/mol. The van der Waals surface area contributed by atoms with Crippen LogP contribution in [0.15, 0.2) is 53.8 Å². The van der Waals surface area contributed by atoms with Gasteiger partial charge >= 0.3 is 0 Å². The van der Waals surface area contributed by atoms with Crippen LogP contribution in [0, 0.1) is 12.8 Å². The van der Waals surface area contributed by atoms with Crippen molar-refractivity contribution in [2.75, 3.05) is 4.90 Å². The Morgan fingerprint density at radius 1 is 1.17 bits per heavy atom. The van der Waals surface area contributed by atoms with Gasteiger partial charge in [0.05, 0.1) is 17.5 Å². The Morgan fingerprint density at radius 2 is 1.97 bits per heavy atom. The van der Waals surface area contributed by atoms with Crippen LogP contribution in [0.5, 0.6) is 5.75 Å². The molecule has 1 aliphatic carbocycles. The molecule has 6 nitrogen and oxygen atoms in total. The summed E-state index contributed by atoms with van der Waals surface area (Å²) in [5, 5.41) is 9.98. The van der Waals surface area contributed by atoms with Crippen LogP contribution >= 0.6 is 11.6 Å². The van der Waals surface area contributed by atoms with E-state index in [4.69, 9.17) is 16.3 Å². The summed E-state index contributed by atoms with van der Waals surface area (Å²) in [6.45, 7) is 1.84. The molecule has 3 aliphatic rings. The first-order valence-corrected chi connectivity index (χ1v) is 10.5. The molecule has 5 rings (SSSR count). The third-order valence-electron chi connectivity index (χ3n) is 6.09. The van der Waals surface area contributed by atoms with E-state index < -0.39 is 6.04 Å². The summed E-state index contributed by atoms with van der Waals surface area (Å²) in [6.07, 6.45) is 1.61. The highest BCUT2D eigenvalue weighted by molar-refractivity contribution is 6.21. The van der Waals surface area contributed by atoms with E-state index in [9.17, 15) is 14.7 Å². The fourth-order valence-electron chi connectivity index (χ4n) is 4.72. The van der Waals surface area contributed by atoms with Crippen molar-refractivity contribution in [3.8, 4) is 5.75 Å². The van der Waals surface area contributed by atoms with E-state index in [0.29, 0.717) is 29.8 Å². The monoisotopic (exact) mass is 424 g/mol. The van der Waals surface area contributed by atoms with Crippen molar-refractivity contribution in [3.05, 3.63) is 65.1 Å². The summed E-state index contributed by atoms with van der Waals surface area (Å²) in [5.74, 6) is -0.229. The number of fused-ring (bicyclic) bond motifs is 1. The van der Waals surface area contributed by atoms with Gasteiger partial charge in [-0.2, -0.15) is 0 Å².